The lowest BCUT2D eigenvalue weighted by Crippen LogP contribution is -2.11. The predicted molar refractivity (Wildman–Crippen MR) is 78.9 cm³/mol. The minimum Gasteiger partial charge on any atom is -0.399 e. The van der Waals surface area contributed by atoms with E-state index in [2.05, 4.69) is 0 Å². The average molecular weight is 313 g/mol. The summed E-state index contributed by atoms with van der Waals surface area (Å²) < 4.78 is 21.4. The molecule has 0 radical (unpaired) electrons. The molecule has 4 N–H and O–H groups in total. The summed E-state index contributed by atoms with van der Waals surface area (Å²) in [4.78, 5) is 10.5. The summed E-state index contributed by atoms with van der Waals surface area (Å²) in [6.07, 6.45) is 0. The van der Waals surface area contributed by atoms with Crippen LogP contribution in [0.4, 0.5) is 5.69 Å². The highest BCUT2D eigenvalue weighted by molar-refractivity contribution is 7.89. The van der Waals surface area contributed by atoms with Crippen molar-refractivity contribution < 1.29 is 13.2 Å². The molecule has 0 heterocycles. The largest absolute Gasteiger partial charge is 0.399 e. The summed E-state index contributed by atoms with van der Waals surface area (Å²) in [5, 5.41) is 4.43. The number of primary sulfonamides is 1. The second kappa shape index (κ2) is 7.04. The molecule has 2 rings (SSSR count). The Bertz CT molecular complexity index is 671. The zero-order valence-electron chi connectivity index (χ0n) is 10.4. The first kappa shape index (κ1) is 16.2. The van der Waals surface area contributed by atoms with Crippen LogP contribution >= 0.6 is 11.6 Å². The van der Waals surface area contributed by atoms with Crippen molar-refractivity contribution in [2.24, 2.45) is 5.14 Å². The number of sulfonamides is 1. The minimum atomic E-state index is -3.58. The van der Waals surface area contributed by atoms with Crippen molar-refractivity contribution in [1.82, 2.24) is 0 Å². The monoisotopic (exact) mass is 312 g/mol. The Balaban J connectivity index is 0.000000204. The molecule has 7 heteroatoms. The van der Waals surface area contributed by atoms with Gasteiger partial charge in [-0.25, -0.2) is 13.6 Å². The van der Waals surface area contributed by atoms with Gasteiger partial charge in [0.1, 0.15) is 0 Å². The molecule has 2 aromatic rings. The van der Waals surface area contributed by atoms with Gasteiger partial charge < -0.3 is 5.73 Å². The molecule has 0 unspecified atom stereocenters. The van der Waals surface area contributed by atoms with Crippen LogP contribution in [0.3, 0.4) is 0 Å². The van der Waals surface area contributed by atoms with E-state index in [4.69, 9.17) is 22.5 Å². The summed E-state index contributed by atoms with van der Waals surface area (Å²) in [5.41, 5.74) is 6.39. The van der Waals surface area contributed by atoms with Crippen molar-refractivity contribution in [1.29, 1.82) is 0 Å². The number of rotatable bonds is 2. The molecule has 20 heavy (non-hydrogen) atoms. The maximum absolute atomic E-state index is 10.7. The molecule has 0 spiro atoms. The van der Waals surface area contributed by atoms with Gasteiger partial charge in [-0.1, -0.05) is 30.3 Å². The molecule has 106 valence electrons. The van der Waals surface area contributed by atoms with Gasteiger partial charge in [0.05, 0.1) is 4.90 Å². The first-order chi connectivity index (χ1) is 9.30. The van der Waals surface area contributed by atoms with Crippen molar-refractivity contribution in [2.75, 3.05) is 5.73 Å². The quantitative estimate of drug-likeness (QED) is 0.653. The van der Waals surface area contributed by atoms with E-state index in [1.54, 1.807) is 24.3 Å². The van der Waals surface area contributed by atoms with E-state index in [-0.39, 0.29) is 4.90 Å². The van der Waals surface area contributed by atoms with Crippen LogP contribution in [0, 0.1) is 0 Å². The lowest BCUT2D eigenvalue weighted by atomic mass is 10.2. The van der Waals surface area contributed by atoms with Crippen LogP contribution in [0.25, 0.3) is 0 Å². The SMILES string of the molecule is Nc1ccc(S(N)(=O)=O)cc1.O=C(Cl)c1ccccc1. The number of halogens is 1. The number of anilines is 1. The fourth-order valence-electron chi connectivity index (χ4n) is 1.23. The lowest BCUT2D eigenvalue weighted by Gasteiger charge is -1.96. The number of nitrogens with two attached hydrogens (primary N) is 2. The van der Waals surface area contributed by atoms with Crippen LogP contribution < -0.4 is 10.9 Å². The molecule has 0 saturated heterocycles. The van der Waals surface area contributed by atoms with Crippen LogP contribution in [0.1, 0.15) is 10.4 Å². The zero-order valence-corrected chi connectivity index (χ0v) is 11.9. The topological polar surface area (TPSA) is 103 Å². The molecule has 0 aliphatic heterocycles. The Hall–Kier alpha value is -1.89. The van der Waals surface area contributed by atoms with E-state index in [0.717, 1.165) is 0 Å². The van der Waals surface area contributed by atoms with Crippen LogP contribution in [-0.4, -0.2) is 13.7 Å². The molecule has 0 bridgehead atoms. The van der Waals surface area contributed by atoms with E-state index >= 15 is 0 Å². The molecule has 0 atom stereocenters. The Morgan fingerprint density at radius 1 is 0.950 bits per heavy atom. The van der Waals surface area contributed by atoms with Gasteiger partial charge in [0.15, 0.2) is 0 Å². The van der Waals surface area contributed by atoms with E-state index in [1.165, 1.54) is 24.3 Å². The molecule has 0 saturated carbocycles. The van der Waals surface area contributed by atoms with Crippen LogP contribution in [0.2, 0.25) is 0 Å². The molecule has 2 aromatic carbocycles. The molecular formula is C13H13ClN2O3S. The smallest absolute Gasteiger partial charge is 0.252 e. The number of hydrogen-bond donors (Lipinski definition) is 2. The Morgan fingerprint density at radius 3 is 1.80 bits per heavy atom. The van der Waals surface area contributed by atoms with Gasteiger partial charge in [-0.05, 0) is 35.9 Å². The third-order valence-electron chi connectivity index (χ3n) is 2.21. The molecule has 0 aromatic heterocycles. The van der Waals surface area contributed by atoms with E-state index in [0.29, 0.717) is 11.3 Å². The van der Waals surface area contributed by atoms with Crippen molar-refractivity contribution >= 4 is 32.6 Å². The second-order valence-electron chi connectivity index (χ2n) is 3.75. The van der Waals surface area contributed by atoms with Crippen molar-refractivity contribution in [2.45, 2.75) is 4.90 Å². The number of nitrogen functional groups attached to an aromatic ring is 1. The number of carbonyl (C=O) groups is 1. The Labute approximate surface area is 122 Å². The molecule has 0 aliphatic carbocycles. The summed E-state index contributed by atoms with van der Waals surface area (Å²) >= 11 is 5.16. The number of carbonyl (C=O) groups excluding carboxylic acids is 1. The Kier molecular flexibility index (Phi) is 5.69. The van der Waals surface area contributed by atoms with Crippen molar-refractivity contribution in [3.8, 4) is 0 Å². The molecule has 0 fully saturated rings. The molecule has 0 aliphatic rings. The summed E-state index contributed by atoms with van der Waals surface area (Å²) in [5.74, 6) is 0. The van der Waals surface area contributed by atoms with Gasteiger partial charge in [-0.2, -0.15) is 0 Å². The van der Waals surface area contributed by atoms with Gasteiger partial charge in [-0.15, -0.1) is 0 Å². The van der Waals surface area contributed by atoms with Gasteiger partial charge in [0.2, 0.25) is 10.0 Å². The summed E-state index contributed by atoms with van der Waals surface area (Å²) in [6, 6.07) is 14.4. The summed E-state index contributed by atoms with van der Waals surface area (Å²) in [6.45, 7) is 0. The van der Waals surface area contributed by atoms with Gasteiger partial charge in [0.25, 0.3) is 5.24 Å². The van der Waals surface area contributed by atoms with E-state index in [1.807, 2.05) is 6.07 Å². The third-order valence-corrected chi connectivity index (χ3v) is 3.36. The standard InChI is InChI=1S/C7H5ClO.C6H8N2O2S/c8-7(9)6-4-2-1-3-5-6;7-5-1-3-6(4-2-5)11(8,9)10/h1-5H;1-4H,7H2,(H2,8,9,10). The number of hydrogen-bond acceptors (Lipinski definition) is 4. The Morgan fingerprint density at radius 2 is 1.45 bits per heavy atom. The highest BCUT2D eigenvalue weighted by Crippen LogP contribution is 2.08. The first-order valence-electron chi connectivity index (χ1n) is 5.44. The fraction of sp³-hybridized carbons (Fsp3) is 0. The van der Waals surface area contributed by atoms with Crippen LogP contribution in [0.5, 0.6) is 0 Å². The van der Waals surface area contributed by atoms with E-state index in [9.17, 15) is 13.2 Å². The van der Waals surface area contributed by atoms with Crippen LogP contribution in [0.15, 0.2) is 59.5 Å². The molecular weight excluding hydrogens is 300 g/mol. The second-order valence-corrected chi connectivity index (χ2v) is 5.66. The van der Waals surface area contributed by atoms with Crippen molar-refractivity contribution in [3.05, 3.63) is 60.2 Å². The highest BCUT2D eigenvalue weighted by Gasteiger charge is 2.05. The van der Waals surface area contributed by atoms with Gasteiger partial charge in [-0.3, -0.25) is 4.79 Å². The van der Waals surface area contributed by atoms with Gasteiger partial charge in [0, 0.05) is 11.3 Å². The predicted octanol–water partition coefficient (Wildman–Crippen LogP) is 1.98. The van der Waals surface area contributed by atoms with Crippen LogP contribution in [-0.2, 0) is 10.0 Å². The fourth-order valence-corrected chi connectivity index (χ4v) is 1.87. The average Bonchev–Trinajstić information content (AvgIpc) is 2.40. The summed E-state index contributed by atoms with van der Waals surface area (Å²) in [7, 11) is -3.58. The normalized spacial score (nSPS) is 10.3. The van der Waals surface area contributed by atoms with Crippen molar-refractivity contribution in [3.63, 3.8) is 0 Å². The maximum atomic E-state index is 10.7. The highest BCUT2D eigenvalue weighted by atomic mass is 35.5. The van der Waals surface area contributed by atoms with Gasteiger partial charge >= 0.3 is 0 Å². The molecule has 5 nitrogen and oxygen atoms in total. The number of benzene rings is 2. The maximum Gasteiger partial charge on any atom is 0.252 e. The first-order valence-corrected chi connectivity index (χ1v) is 7.36. The zero-order chi connectivity index (χ0) is 15.2. The molecule has 0 amide bonds. The minimum absolute atomic E-state index is 0.0756. The third kappa shape index (κ3) is 5.40. The lowest BCUT2D eigenvalue weighted by molar-refractivity contribution is 0.108. The van der Waals surface area contributed by atoms with E-state index < -0.39 is 15.3 Å².